The summed E-state index contributed by atoms with van der Waals surface area (Å²) in [4.78, 5) is 18.8. The lowest BCUT2D eigenvalue weighted by molar-refractivity contribution is -0.121. The van der Waals surface area contributed by atoms with Gasteiger partial charge in [0.15, 0.2) is 5.65 Å². The molecule has 0 aliphatic carbocycles. The number of fused-ring (bicyclic) bond motifs is 1. The first-order valence-corrected chi connectivity index (χ1v) is 8.64. The molecule has 0 bridgehead atoms. The summed E-state index contributed by atoms with van der Waals surface area (Å²) in [5.41, 5.74) is 1.75. The molecule has 6 nitrogen and oxygen atoms in total. The van der Waals surface area contributed by atoms with E-state index in [9.17, 15) is 4.79 Å². The molecular weight excluding hydrogens is 338 g/mol. The first-order chi connectivity index (χ1) is 12.2. The summed E-state index contributed by atoms with van der Waals surface area (Å²) in [5.74, 6) is 1.02. The van der Waals surface area contributed by atoms with Gasteiger partial charge in [-0.1, -0.05) is 23.7 Å². The van der Waals surface area contributed by atoms with E-state index in [1.807, 2.05) is 40.9 Å². The van der Waals surface area contributed by atoms with Crippen LogP contribution in [0.5, 0.6) is 0 Å². The second-order valence-corrected chi connectivity index (χ2v) is 6.65. The number of amides is 1. The van der Waals surface area contributed by atoms with Crippen molar-refractivity contribution in [2.24, 2.45) is 0 Å². The largest absolute Gasteiger partial charge is 0.354 e. The van der Waals surface area contributed by atoms with Gasteiger partial charge >= 0.3 is 0 Å². The predicted octanol–water partition coefficient (Wildman–Crippen LogP) is 2.32. The highest BCUT2D eigenvalue weighted by atomic mass is 35.5. The lowest BCUT2D eigenvalue weighted by Gasteiger charge is -2.19. The molecule has 4 rings (SSSR count). The maximum atomic E-state index is 12.3. The van der Waals surface area contributed by atoms with Crippen LogP contribution in [-0.2, 0) is 11.2 Å². The molecule has 128 valence electrons. The quantitative estimate of drug-likeness (QED) is 0.780. The van der Waals surface area contributed by atoms with Gasteiger partial charge in [-0.15, -0.1) is 0 Å². The molecule has 1 aliphatic heterocycles. The van der Waals surface area contributed by atoms with Crippen LogP contribution in [-0.4, -0.2) is 39.6 Å². The minimum atomic E-state index is 0.0214. The fraction of sp³-hybridized carbons (Fsp3) is 0.278. The van der Waals surface area contributed by atoms with E-state index in [4.69, 9.17) is 11.6 Å². The van der Waals surface area contributed by atoms with Crippen molar-refractivity contribution in [3.05, 3.63) is 59.4 Å². The number of nitrogens with one attached hydrogen (secondary N) is 1. The van der Waals surface area contributed by atoms with Crippen LogP contribution < -0.4 is 10.2 Å². The first-order valence-electron chi connectivity index (χ1n) is 8.26. The number of aromatic nitrogens is 3. The molecule has 1 saturated heterocycles. The third-order valence-corrected chi connectivity index (χ3v) is 4.64. The number of hydrogen-bond donors (Lipinski definition) is 1. The van der Waals surface area contributed by atoms with Gasteiger partial charge in [0.2, 0.25) is 5.91 Å². The number of nitrogens with zero attached hydrogens (tertiary/aromatic N) is 4. The minimum absolute atomic E-state index is 0.0214. The van der Waals surface area contributed by atoms with E-state index in [1.54, 1.807) is 12.4 Å². The maximum Gasteiger partial charge on any atom is 0.224 e. The van der Waals surface area contributed by atoms with Crippen LogP contribution in [0.25, 0.3) is 5.65 Å². The van der Waals surface area contributed by atoms with E-state index in [-0.39, 0.29) is 11.9 Å². The number of carbonyl (C=O) groups is 1. The molecule has 0 saturated carbocycles. The zero-order valence-electron chi connectivity index (χ0n) is 13.6. The number of benzene rings is 1. The highest BCUT2D eigenvalue weighted by molar-refractivity contribution is 6.30. The molecule has 1 aromatic carbocycles. The lowest BCUT2D eigenvalue weighted by atomic mass is 10.1. The van der Waals surface area contributed by atoms with E-state index in [2.05, 4.69) is 20.3 Å². The summed E-state index contributed by atoms with van der Waals surface area (Å²) in [7, 11) is 0. The van der Waals surface area contributed by atoms with Crippen LogP contribution in [0.2, 0.25) is 5.02 Å². The van der Waals surface area contributed by atoms with Gasteiger partial charge in [0.05, 0.1) is 12.6 Å². The summed E-state index contributed by atoms with van der Waals surface area (Å²) in [5, 5.41) is 8.10. The van der Waals surface area contributed by atoms with Crippen LogP contribution in [0.4, 0.5) is 5.82 Å². The van der Waals surface area contributed by atoms with Gasteiger partial charge in [0.25, 0.3) is 0 Å². The number of rotatable bonds is 4. The van der Waals surface area contributed by atoms with Crippen molar-refractivity contribution in [2.45, 2.75) is 18.9 Å². The molecule has 3 aromatic rings. The van der Waals surface area contributed by atoms with Crippen molar-refractivity contribution in [3.63, 3.8) is 0 Å². The van der Waals surface area contributed by atoms with Crippen molar-refractivity contribution in [1.29, 1.82) is 0 Å². The van der Waals surface area contributed by atoms with Gasteiger partial charge in [-0.3, -0.25) is 4.79 Å². The summed E-state index contributed by atoms with van der Waals surface area (Å²) in [6.45, 7) is 1.64. The van der Waals surface area contributed by atoms with Crippen molar-refractivity contribution in [2.75, 3.05) is 18.0 Å². The average molecular weight is 356 g/mol. The fourth-order valence-electron chi connectivity index (χ4n) is 3.26. The van der Waals surface area contributed by atoms with E-state index < -0.39 is 0 Å². The molecule has 0 radical (unpaired) electrons. The summed E-state index contributed by atoms with van der Waals surface area (Å²) < 4.78 is 1.83. The highest BCUT2D eigenvalue weighted by Gasteiger charge is 2.25. The minimum Gasteiger partial charge on any atom is -0.354 e. The SMILES string of the molecule is O=C(Cc1cccc(Cl)c1)NC1CCN(c2ccnc3ccnn23)C1. The Morgan fingerprint density at radius 1 is 1.28 bits per heavy atom. The summed E-state index contributed by atoms with van der Waals surface area (Å²) >= 11 is 5.97. The standard InChI is InChI=1S/C18H18ClN5O/c19-14-3-1-2-13(10-14)11-17(25)22-15-6-9-23(12-15)18-5-7-20-16-4-8-21-24(16)18/h1-5,7-8,10,15H,6,9,11-12H2,(H,22,25). The second-order valence-electron chi connectivity index (χ2n) is 6.21. The number of carbonyl (C=O) groups excluding carboxylic acids is 1. The van der Waals surface area contributed by atoms with Gasteiger partial charge < -0.3 is 10.2 Å². The van der Waals surface area contributed by atoms with Gasteiger partial charge in [0, 0.05) is 36.4 Å². The smallest absolute Gasteiger partial charge is 0.224 e. The molecule has 1 fully saturated rings. The number of anilines is 1. The number of halogens is 1. The van der Waals surface area contributed by atoms with E-state index in [0.29, 0.717) is 11.4 Å². The molecule has 1 aliphatic rings. The molecule has 0 spiro atoms. The van der Waals surface area contributed by atoms with E-state index in [0.717, 1.165) is 36.5 Å². The Balaban J connectivity index is 1.39. The van der Waals surface area contributed by atoms with Crippen molar-refractivity contribution < 1.29 is 4.79 Å². The Morgan fingerprint density at radius 3 is 3.08 bits per heavy atom. The van der Waals surface area contributed by atoms with Crippen LogP contribution in [0.15, 0.2) is 48.8 Å². The molecule has 25 heavy (non-hydrogen) atoms. The molecule has 1 amide bonds. The van der Waals surface area contributed by atoms with E-state index in [1.165, 1.54) is 0 Å². The van der Waals surface area contributed by atoms with Crippen LogP contribution in [0, 0.1) is 0 Å². The van der Waals surface area contributed by atoms with Crippen LogP contribution >= 0.6 is 11.6 Å². The van der Waals surface area contributed by atoms with Crippen molar-refractivity contribution in [1.82, 2.24) is 19.9 Å². The summed E-state index contributed by atoms with van der Waals surface area (Å²) in [6, 6.07) is 11.4. The zero-order chi connectivity index (χ0) is 17.2. The first kappa shape index (κ1) is 15.9. The fourth-order valence-corrected chi connectivity index (χ4v) is 3.47. The van der Waals surface area contributed by atoms with Gasteiger partial charge in [-0.25, -0.2) is 4.98 Å². The van der Waals surface area contributed by atoms with Crippen molar-refractivity contribution >= 4 is 29.0 Å². The van der Waals surface area contributed by atoms with Gasteiger partial charge in [0.1, 0.15) is 5.82 Å². The molecule has 7 heteroatoms. The molecular formula is C18H18ClN5O. The Labute approximate surface area is 150 Å². The van der Waals surface area contributed by atoms with Gasteiger partial charge in [-0.2, -0.15) is 9.61 Å². The van der Waals surface area contributed by atoms with E-state index >= 15 is 0 Å². The molecule has 1 unspecified atom stereocenters. The third-order valence-electron chi connectivity index (χ3n) is 4.40. The van der Waals surface area contributed by atoms with Crippen LogP contribution in [0.3, 0.4) is 0 Å². The monoisotopic (exact) mass is 355 g/mol. The third kappa shape index (κ3) is 3.44. The Morgan fingerprint density at radius 2 is 2.20 bits per heavy atom. The topological polar surface area (TPSA) is 62.5 Å². The molecule has 3 heterocycles. The highest BCUT2D eigenvalue weighted by Crippen LogP contribution is 2.20. The second kappa shape index (κ2) is 6.72. The van der Waals surface area contributed by atoms with Crippen molar-refractivity contribution in [3.8, 4) is 0 Å². The Hall–Kier alpha value is -2.60. The molecule has 2 aromatic heterocycles. The number of hydrogen-bond acceptors (Lipinski definition) is 4. The maximum absolute atomic E-state index is 12.3. The average Bonchev–Trinajstić information content (AvgIpc) is 3.23. The molecule has 1 N–H and O–H groups in total. The molecule has 1 atom stereocenters. The Bertz CT molecular complexity index is 909. The Kier molecular flexibility index (Phi) is 4.28. The predicted molar refractivity (Wildman–Crippen MR) is 96.9 cm³/mol. The normalized spacial score (nSPS) is 17.2. The zero-order valence-corrected chi connectivity index (χ0v) is 14.4. The lowest BCUT2D eigenvalue weighted by Crippen LogP contribution is -2.38. The van der Waals surface area contributed by atoms with Gasteiger partial charge in [-0.05, 0) is 30.2 Å². The summed E-state index contributed by atoms with van der Waals surface area (Å²) in [6.07, 6.45) is 4.78. The van der Waals surface area contributed by atoms with Crippen LogP contribution in [0.1, 0.15) is 12.0 Å².